The lowest BCUT2D eigenvalue weighted by Crippen LogP contribution is -2.41. The van der Waals surface area contributed by atoms with Gasteiger partial charge in [-0.05, 0) is 25.5 Å². The molecule has 0 fully saturated rings. The molecular weight excluding hydrogens is 254 g/mol. The fourth-order valence-electron chi connectivity index (χ4n) is 1.79. The van der Waals surface area contributed by atoms with Crippen molar-refractivity contribution in [1.29, 1.82) is 0 Å². The zero-order valence-electron chi connectivity index (χ0n) is 11.7. The molecule has 0 bridgehead atoms. The highest BCUT2D eigenvalue weighted by molar-refractivity contribution is 6.01. The lowest BCUT2D eigenvalue weighted by atomic mass is 10.0. The van der Waals surface area contributed by atoms with Crippen molar-refractivity contribution in [2.45, 2.75) is 25.8 Å². The van der Waals surface area contributed by atoms with Crippen LogP contribution in [0.5, 0.6) is 5.75 Å². The highest BCUT2D eigenvalue weighted by Crippen LogP contribution is 2.28. The maximum Gasteiger partial charge on any atom is 0.254 e. The van der Waals surface area contributed by atoms with Crippen molar-refractivity contribution in [3.63, 3.8) is 0 Å². The maximum absolute atomic E-state index is 11.5. The van der Waals surface area contributed by atoms with E-state index in [-0.39, 0.29) is 5.56 Å². The largest absolute Gasteiger partial charge is 0.490 e. The number of primary amides is 1. The number of amides is 1. The second-order valence-electron chi connectivity index (χ2n) is 5.18. The van der Waals surface area contributed by atoms with Gasteiger partial charge in [-0.15, -0.1) is 0 Å². The van der Waals surface area contributed by atoms with Crippen LogP contribution in [0.4, 0.5) is 0 Å². The summed E-state index contributed by atoms with van der Waals surface area (Å²) in [4.78, 5) is 15.7. The van der Waals surface area contributed by atoms with E-state index in [9.17, 15) is 4.79 Å². The van der Waals surface area contributed by atoms with Crippen molar-refractivity contribution < 1.29 is 9.53 Å². The molecule has 0 radical (unpaired) electrons. The minimum absolute atomic E-state index is 0.274. The second kappa shape index (κ2) is 5.46. The Labute approximate surface area is 117 Å². The van der Waals surface area contributed by atoms with Gasteiger partial charge in [0.25, 0.3) is 5.91 Å². The first-order valence-electron chi connectivity index (χ1n) is 6.54. The number of hydrogen-bond donors (Lipinski definition) is 2. The fraction of sp³-hybridized carbons (Fsp3) is 0.333. The lowest BCUT2D eigenvalue weighted by molar-refractivity contribution is 0.0994. The number of ether oxygens (including phenoxy) is 1. The van der Waals surface area contributed by atoms with Crippen LogP contribution in [0.2, 0.25) is 0 Å². The number of hydrogen-bond acceptors (Lipinski definition) is 4. The van der Waals surface area contributed by atoms with Gasteiger partial charge >= 0.3 is 0 Å². The minimum Gasteiger partial charge on any atom is -0.490 e. The van der Waals surface area contributed by atoms with Crippen LogP contribution in [0.3, 0.4) is 0 Å². The molecule has 1 heterocycles. The second-order valence-corrected chi connectivity index (χ2v) is 5.18. The summed E-state index contributed by atoms with van der Waals surface area (Å²) in [6, 6.07) is 7.45. The molecule has 1 aromatic carbocycles. The molecule has 0 aliphatic rings. The van der Waals surface area contributed by atoms with Crippen LogP contribution in [0.25, 0.3) is 10.9 Å². The smallest absolute Gasteiger partial charge is 0.254 e. The van der Waals surface area contributed by atoms with Gasteiger partial charge in [0, 0.05) is 17.1 Å². The predicted octanol–water partition coefficient (Wildman–Crippen LogP) is 1.84. The third-order valence-electron chi connectivity index (χ3n) is 3.35. The van der Waals surface area contributed by atoms with E-state index in [1.54, 1.807) is 0 Å². The van der Waals surface area contributed by atoms with Crippen LogP contribution in [-0.2, 0) is 0 Å². The van der Waals surface area contributed by atoms with Crippen molar-refractivity contribution >= 4 is 16.8 Å². The number of aromatic nitrogens is 1. The highest BCUT2D eigenvalue weighted by Gasteiger charge is 2.20. The SMILES string of the molecule is CCC(C)(N)COc1c(C(N)=O)cnc2ccccc12. The number of carbonyl (C=O) groups excluding carboxylic acids is 1. The zero-order valence-corrected chi connectivity index (χ0v) is 11.7. The minimum atomic E-state index is -0.562. The summed E-state index contributed by atoms with van der Waals surface area (Å²) in [5.74, 6) is -0.110. The van der Waals surface area contributed by atoms with Gasteiger partial charge in [-0.2, -0.15) is 0 Å². The first-order valence-corrected chi connectivity index (χ1v) is 6.54. The van der Waals surface area contributed by atoms with Gasteiger partial charge in [-0.1, -0.05) is 19.1 Å². The number of benzene rings is 1. The van der Waals surface area contributed by atoms with Gasteiger partial charge in [0.05, 0.1) is 5.52 Å². The molecule has 1 aromatic heterocycles. The van der Waals surface area contributed by atoms with E-state index in [2.05, 4.69) is 4.98 Å². The molecule has 0 spiro atoms. The van der Waals surface area contributed by atoms with Crippen LogP contribution in [-0.4, -0.2) is 23.0 Å². The number of fused-ring (bicyclic) bond motifs is 1. The summed E-state index contributed by atoms with van der Waals surface area (Å²) in [5, 5.41) is 0.760. The molecule has 2 rings (SSSR count). The molecule has 0 aliphatic carbocycles. The normalized spacial score (nSPS) is 13.9. The molecule has 4 N–H and O–H groups in total. The average molecular weight is 273 g/mol. The lowest BCUT2D eigenvalue weighted by Gasteiger charge is -2.24. The van der Waals surface area contributed by atoms with Gasteiger partial charge in [0.1, 0.15) is 17.9 Å². The first kappa shape index (κ1) is 14.3. The summed E-state index contributed by atoms with van der Waals surface area (Å²) >= 11 is 0. The molecule has 1 unspecified atom stereocenters. The molecule has 2 aromatic rings. The molecule has 106 valence electrons. The summed E-state index contributed by atoms with van der Waals surface area (Å²) in [5.41, 5.74) is 12.0. The van der Waals surface area contributed by atoms with E-state index >= 15 is 0 Å². The van der Waals surface area contributed by atoms with Crippen molar-refractivity contribution in [1.82, 2.24) is 4.98 Å². The Bertz CT molecular complexity index is 638. The maximum atomic E-state index is 11.5. The van der Waals surface area contributed by atoms with Crippen molar-refractivity contribution in [3.05, 3.63) is 36.0 Å². The van der Waals surface area contributed by atoms with Gasteiger partial charge in [-0.3, -0.25) is 9.78 Å². The van der Waals surface area contributed by atoms with Crippen LogP contribution in [0.15, 0.2) is 30.5 Å². The molecule has 5 heteroatoms. The number of para-hydroxylation sites is 1. The fourth-order valence-corrected chi connectivity index (χ4v) is 1.79. The molecule has 0 saturated carbocycles. The third kappa shape index (κ3) is 2.88. The average Bonchev–Trinajstić information content (AvgIpc) is 2.44. The van der Waals surface area contributed by atoms with E-state index in [0.717, 1.165) is 17.3 Å². The molecule has 1 amide bonds. The Kier molecular flexibility index (Phi) is 3.90. The number of rotatable bonds is 5. The van der Waals surface area contributed by atoms with Crippen LogP contribution < -0.4 is 16.2 Å². The van der Waals surface area contributed by atoms with E-state index < -0.39 is 11.4 Å². The van der Waals surface area contributed by atoms with Crippen LogP contribution >= 0.6 is 0 Å². The van der Waals surface area contributed by atoms with Crippen molar-refractivity contribution in [2.75, 3.05) is 6.61 Å². The molecule has 0 aliphatic heterocycles. The van der Waals surface area contributed by atoms with Gasteiger partial charge in [0.2, 0.25) is 0 Å². The molecular formula is C15H19N3O2. The van der Waals surface area contributed by atoms with E-state index in [0.29, 0.717) is 12.4 Å². The molecule has 20 heavy (non-hydrogen) atoms. The Morgan fingerprint density at radius 2 is 2.10 bits per heavy atom. The summed E-state index contributed by atoms with van der Waals surface area (Å²) in [6.45, 7) is 4.20. The Balaban J connectivity index is 2.47. The predicted molar refractivity (Wildman–Crippen MR) is 78.6 cm³/mol. The summed E-state index contributed by atoms with van der Waals surface area (Å²) in [6.07, 6.45) is 2.21. The third-order valence-corrected chi connectivity index (χ3v) is 3.35. The number of nitrogens with zero attached hydrogens (tertiary/aromatic N) is 1. The van der Waals surface area contributed by atoms with Crippen molar-refractivity contribution in [3.8, 4) is 5.75 Å². The van der Waals surface area contributed by atoms with Gasteiger partial charge in [-0.25, -0.2) is 0 Å². The van der Waals surface area contributed by atoms with E-state index in [1.807, 2.05) is 38.1 Å². The van der Waals surface area contributed by atoms with Gasteiger partial charge < -0.3 is 16.2 Å². The monoisotopic (exact) mass is 273 g/mol. The highest BCUT2D eigenvalue weighted by atomic mass is 16.5. The number of carbonyl (C=O) groups is 1. The van der Waals surface area contributed by atoms with Gasteiger partial charge in [0.15, 0.2) is 0 Å². The van der Waals surface area contributed by atoms with Crippen molar-refractivity contribution in [2.24, 2.45) is 11.5 Å². The quantitative estimate of drug-likeness (QED) is 0.869. The van der Waals surface area contributed by atoms with E-state index in [1.165, 1.54) is 6.20 Å². The number of nitrogens with two attached hydrogens (primary N) is 2. The summed E-state index contributed by atoms with van der Waals surface area (Å²) in [7, 11) is 0. The zero-order chi connectivity index (χ0) is 14.8. The summed E-state index contributed by atoms with van der Waals surface area (Å²) < 4.78 is 5.80. The standard InChI is InChI=1S/C15H19N3O2/c1-3-15(2,17)9-20-13-10-6-4-5-7-12(10)18-8-11(13)14(16)19/h4-8H,3,9,17H2,1-2H3,(H2,16,19). The Morgan fingerprint density at radius 3 is 2.75 bits per heavy atom. The Morgan fingerprint density at radius 1 is 1.40 bits per heavy atom. The molecule has 5 nitrogen and oxygen atoms in total. The molecule has 1 atom stereocenters. The van der Waals surface area contributed by atoms with Crippen LogP contribution in [0.1, 0.15) is 30.6 Å². The van der Waals surface area contributed by atoms with Crippen LogP contribution in [0, 0.1) is 0 Å². The Hall–Kier alpha value is -2.14. The topological polar surface area (TPSA) is 91.2 Å². The molecule has 0 saturated heterocycles. The van der Waals surface area contributed by atoms with E-state index in [4.69, 9.17) is 16.2 Å². The number of pyridine rings is 1. The first-order chi connectivity index (χ1) is 9.44.